The van der Waals surface area contributed by atoms with E-state index in [4.69, 9.17) is 0 Å². The number of amides is 1. The average Bonchev–Trinajstić information content (AvgIpc) is 2.38. The maximum atomic E-state index is 11.7. The third-order valence-electron chi connectivity index (χ3n) is 2.75. The van der Waals surface area contributed by atoms with Crippen molar-refractivity contribution >= 4 is 5.91 Å². The highest BCUT2D eigenvalue weighted by atomic mass is 16.1. The number of nitrogens with zero attached hydrogens (tertiary/aromatic N) is 2. The van der Waals surface area contributed by atoms with Gasteiger partial charge in [-0.1, -0.05) is 0 Å². The van der Waals surface area contributed by atoms with Crippen molar-refractivity contribution < 1.29 is 4.79 Å². The van der Waals surface area contributed by atoms with E-state index in [0.29, 0.717) is 18.2 Å². The second-order valence-corrected chi connectivity index (χ2v) is 4.01. The highest BCUT2D eigenvalue weighted by Crippen LogP contribution is 2.08. The van der Waals surface area contributed by atoms with Gasteiger partial charge in [0, 0.05) is 18.9 Å². The van der Waals surface area contributed by atoms with Crippen molar-refractivity contribution in [3.63, 3.8) is 0 Å². The molecule has 1 atom stereocenters. The molecule has 1 aliphatic heterocycles. The third-order valence-corrected chi connectivity index (χ3v) is 2.75. The zero-order valence-electron chi connectivity index (χ0n) is 9.15. The van der Waals surface area contributed by atoms with Crippen molar-refractivity contribution in [2.75, 3.05) is 19.6 Å². The van der Waals surface area contributed by atoms with Gasteiger partial charge in [0.2, 0.25) is 0 Å². The minimum Gasteiger partial charge on any atom is -0.350 e. The molecule has 5 nitrogen and oxygen atoms in total. The lowest BCUT2D eigenvalue weighted by Crippen LogP contribution is -2.38. The second-order valence-electron chi connectivity index (χ2n) is 4.01. The summed E-state index contributed by atoms with van der Waals surface area (Å²) >= 11 is 0. The van der Waals surface area contributed by atoms with Crippen LogP contribution in [0, 0.1) is 5.92 Å². The van der Waals surface area contributed by atoms with Crippen LogP contribution in [0.5, 0.6) is 0 Å². The van der Waals surface area contributed by atoms with Crippen LogP contribution in [0.15, 0.2) is 18.6 Å². The third kappa shape index (κ3) is 3.00. The summed E-state index contributed by atoms with van der Waals surface area (Å²) in [5, 5.41) is 6.21. The molecule has 0 aromatic carbocycles. The number of hydrogen-bond donors (Lipinski definition) is 2. The van der Waals surface area contributed by atoms with Crippen LogP contribution in [0.4, 0.5) is 0 Å². The summed E-state index contributed by atoms with van der Waals surface area (Å²) in [5.74, 6) is 0.396. The van der Waals surface area contributed by atoms with Gasteiger partial charge in [0.05, 0.1) is 6.20 Å². The predicted molar refractivity (Wildman–Crippen MR) is 60.0 cm³/mol. The van der Waals surface area contributed by atoms with Crippen LogP contribution < -0.4 is 10.6 Å². The average molecular weight is 220 g/mol. The molecule has 0 radical (unpaired) electrons. The fourth-order valence-electron chi connectivity index (χ4n) is 1.84. The van der Waals surface area contributed by atoms with Gasteiger partial charge in [0.25, 0.3) is 5.91 Å². The van der Waals surface area contributed by atoms with E-state index in [0.717, 1.165) is 13.1 Å². The van der Waals surface area contributed by atoms with Gasteiger partial charge in [0.15, 0.2) is 0 Å². The van der Waals surface area contributed by atoms with E-state index in [2.05, 4.69) is 20.6 Å². The molecule has 86 valence electrons. The Morgan fingerprint density at radius 2 is 2.50 bits per heavy atom. The molecule has 0 aliphatic carbocycles. The van der Waals surface area contributed by atoms with E-state index in [1.54, 1.807) is 6.20 Å². The van der Waals surface area contributed by atoms with Gasteiger partial charge in [0.1, 0.15) is 5.69 Å². The zero-order chi connectivity index (χ0) is 11.2. The first kappa shape index (κ1) is 11.0. The van der Waals surface area contributed by atoms with Gasteiger partial charge >= 0.3 is 0 Å². The van der Waals surface area contributed by atoms with Crippen LogP contribution in [-0.4, -0.2) is 35.5 Å². The van der Waals surface area contributed by atoms with Crippen LogP contribution in [0.2, 0.25) is 0 Å². The number of nitrogens with one attached hydrogen (secondary N) is 2. The number of hydrogen-bond acceptors (Lipinski definition) is 4. The summed E-state index contributed by atoms with van der Waals surface area (Å²) in [7, 11) is 0. The number of rotatable bonds is 3. The highest BCUT2D eigenvalue weighted by molar-refractivity contribution is 5.91. The molecule has 1 aromatic heterocycles. The van der Waals surface area contributed by atoms with Crippen LogP contribution in [0.25, 0.3) is 0 Å². The van der Waals surface area contributed by atoms with Gasteiger partial charge in [-0.2, -0.15) is 0 Å². The van der Waals surface area contributed by atoms with E-state index in [1.807, 2.05) is 0 Å². The number of carbonyl (C=O) groups is 1. The molecule has 2 heterocycles. The Balaban J connectivity index is 1.79. The van der Waals surface area contributed by atoms with E-state index in [9.17, 15) is 4.79 Å². The maximum absolute atomic E-state index is 11.7. The molecular weight excluding hydrogens is 204 g/mol. The van der Waals surface area contributed by atoms with Crippen molar-refractivity contribution in [2.45, 2.75) is 12.8 Å². The molecular formula is C11H16N4O. The molecule has 1 aromatic rings. The van der Waals surface area contributed by atoms with Crippen molar-refractivity contribution in [1.82, 2.24) is 20.6 Å². The minimum absolute atomic E-state index is 0.140. The molecule has 16 heavy (non-hydrogen) atoms. The van der Waals surface area contributed by atoms with Gasteiger partial charge in [-0.05, 0) is 31.8 Å². The standard InChI is InChI=1S/C11H16N4O/c16-11(10-8-13-4-5-14-10)15-7-9-2-1-3-12-6-9/h4-5,8-9,12H,1-3,6-7H2,(H,15,16). The van der Waals surface area contributed by atoms with Crippen molar-refractivity contribution in [1.29, 1.82) is 0 Å². The molecule has 1 fully saturated rings. The largest absolute Gasteiger partial charge is 0.350 e. The molecule has 0 bridgehead atoms. The summed E-state index contributed by atoms with van der Waals surface area (Å²) in [5.41, 5.74) is 0.381. The Hall–Kier alpha value is -1.49. The smallest absolute Gasteiger partial charge is 0.271 e. The Morgan fingerprint density at radius 1 is 1.56 bits per heavy atom. The first-order chi connectivity index (χ1) is 7.86. The van der Waals surface area contributed by atoms with Crippen LogP contribution in [-0.2, 0) is 0 Å². The lowest BCUT2D eigenvalue weighted by Gasteiger charge is -2.22. The Labute approximate surface area is 94.7 Å². The Morgan fingerprint density at radius 3 is 3.19 bits per heavy atom. The predicted octanol–water partition coefficient (Wildman–Crippen LogP) is 0.206. The topological polar surface area (TPSA) is 66.9 Å². The summed E-state index contributed by atoms with van der Waals surface area (Å²) < 4.78 is 0. The summed E-state index contributed by atoms with van der Waals surface area (Å²) in [4.78, 5) is 19.5. The quantitative estimate of drug-likeness (QED) is 0.764. The molecule has 2 N–H and O–H groups in total. The van der Waals surface area contributed by atoms with E-state index in [-0.39, 0.29) is 5.91 Å². The summed E-state index contributed by atoms with van der Waals surface area (Å²) in [6, 6.07) is 0. The fourth-order valence-corrected chi connectivity index (χ4v) is 1.84. The molecule has 1 saturated heterocycles. The minimum atomic E-state index is -0.140. The maximum Gasteiger partial charge on any atom is 0.271 e. The fraction of sp³-hybridized carbons (Fsp3) is 0.545. The Bertz CT molecular complexity index is 335. The number of carbonyl (C=O) groups excluding carboxylic acids is 1. The molecule has 2 rings (SSSR count). The lowest BCUT2D eigenvalue weighted by molar-refractivity contribution is 0.0939. The van der Waals surface area contributed by atoms with Crippen LogP contribution in [0.1, 0.15) is 23.3 Å². The molecule has 1 aliphatic rings. The Kier molecular flexibility index (Phi) is 3.82. The van der Waals surface area contributed by atoms with E-state index < -0.39 is 0 Å². The van der Waals surface area contributed by atoms with E-state index >= 15 is 0 Å². The highest BCUT2D eigenvalue weighted by Gasteiger charge is 2.14. The molecule has 1 unspecified atom stereocenters. The molecule has 0 spiro atoms. The molecule has 1 amide bonds. The van der Waals surface area contributed by atoms with Gasteiger partial charge < -0.3 is 10.6 Å². The van der Waals surface area contributed by atoms with Gasteiger partial charge in [-0.3, -0.25) is 9.78 Å². The molecule has 0 saturated carbocycles. The number of aromatic nitrogens is 2. The zero-order valence-corrected chi connectivity index (χ0v) is 9.15. The SMILES string of the molecule is O=C(NCC1CCCNC1)c1cnccn1. The molecule has 5 heteroatoms. The normalized spacial score (nSPS) is 20.4. The van der Waals surface area contributed by atoms with Crippen molar-refractivity contribution in [3.8, 4) is 0 Å². The number of piperidine rings is 1. The first-order valence-electron chi connectivity index (χ1n) is 5.61. The van der Waals surface area contributed by atoms with E-state index in [1.165, 1.54) is 25.2 Å². The first-order valence-corrected chi connectivity index (χ1v) is 5.61. The second kappa shape index (κ2) is 5.55. The summed E-state index contributed by atoms with van der Waals surface area (Å²) in [6.45, 7) is 2.79. The van der Waals surface area contributed by atoms with Gasteiger partial charge in [-0.25, -0.2) is 4.98 Å². The monoisotopic (exact) mass is 220 g/mol. The van der Waals surface area contributed by atoms with Crippen LogP contribution in [0.3, 0.4) is 0 Å². The van der Waals surface area contributed by atoms with Gasteiger partial charge in [-0.15, -0.1) is 0 Å². The lowest BCUT2D eigenvalue weighted by atomic mass is 10.00. The van der Waals surface area contributed by atoms with Crippen LogP contribution >= 0.6 is 0 Å². The van der Waals surface area contributed by atoms with Crippen molar-refractivity contribution in [3.05, 3.63) is 24.3 Å². The summed E-state index contributed by atoms with van der Waals surface area (Å²) in [6.07, 6.45) is 6.92. The van der Waals surface area contributed by atoms with Crippen molar-refractivity contribution in [2.24, 2.45) is 5.92 Å².